The van der Waals surface area contributed by atoms with Gasteiger partial charge in [0.15, 0.2) is 0 Å². The molecule has 2 aliphatic rings. The molecule has 0 saturated carbocycles. The first-order chi connectivity index (χ1) is 24.5. The van der Waals surface area contributed by atoms with E-state index in [9.17, 15) is 19.2 Å². The summed E-state index contributed by atoms with van der Waals surface area (Å²) in [6, 6.07) is 10.7. The maximum Gasteiger partial charge on any atom is 0.328 e. The van der Waals surface area contributed by atoms with Gasteiger partial charge in [-0.3, -0.25) is 14.4 Å². The third kappa shape index (κ3) is 11.2. The molecule has 3 N–H and O–H groups in total. The second kappa shape index (κ2) is 17.3. The molecule has 6 atom stereocenters. The summed E-state index contributed by atoms with van der Waals surface area (Å²) < 4.78 is 17.5. The number of carbonyl (C=O) groups is 4. The van der Waals surface area contributed by atoms with Gasteiger partial charge in [-0.25, -0.2) is 4.79 Å². The standard InChI is InChI=1S/C38H49ClN6O7/c1-22(32-33(52-32)25-14-11-23(12-15-25)20-42-45-40)29-9-8-10-31(46)43-27(18-24-13-16-30(50-7)26(39)17-24)34(47)41-21-38(5,6)36(49)44-28(35(48)51-29)19-37(2,3)4/h8,10-17,22,27-29,32-33H,9,18-21H2,1-7H3,(H,41,47)(H,43,46)(H,44,49)/b10-8-/t22-,27+,28-,29-,32+,33+/m0/s1. The van der Waals surface area contributed by atoms with Crippen molar-refractivity contribution >= 4 is 35.3 Å². The molecule has 2 aliphatic heterocycles. The highest BCUT2D eigenvalue weighted by Crippen LogP contribution is 2.45. The minimum absolute atomic E-state index is 0.0624. The quantitative estimate of drug-likeness (QED) is 0.0941. The van der Waals surface area contributed by atoms with E-state index in [1.54, 1.807) is 38.1 Å². The van der Waals surface area contributed by atoms with Gasteiger partial charge in [0, 0.05) is 30.2 Å². The van der Waals surface area contributed by atoms with Crippen LogP contribution in [0.5, 0.6) is 5.75 Å². The number of esters is 1. The van der Waals surface area contributed by atoms with Crippen LogP contribution in [0.2, 0.25) is 5.02 Å². The Hall–Kier alpha value is -4.58. The van der Waals surface area contributed by atoms with Crippen LogP contribution >= 0.6 is 11.6 Å². The van der Waals surface area contributed by atoms with Gasteiger partial charge in [-0.2, -0.15) is 0 Å². The summed E-state index contributed by atoms with van der Waals surface area (Å²) in [5.41, 5.74) is 9.64. The van der Waals surface area contributed by atoms with Crippen molar-refractivity contribution in [2.45, 2.75) is 97.7 Å². The van der Waals surface area contributed by atoms with Crippen LogP contribution in [0.15, 0.2) is 59.7 Å². The van der Waals surface area contributed by atoms with Crippen molar-refractivity contribution in [1.29, 1.82) is 0 Å². The van der Waals surface area contributed by atoms with Crippen LogP contribution in [-0.4, -0.2) is 61.6 Å². The van der Waals surface area contributed by atoms with E-state index in [0.717, 1.165) is 11.1 Å². The van der Waals surface area contributed by atoms with Crippen molar-refractivity contribution < 1.29 is 33.4 Å². The largest absolute Gasteiger partial charge is 0.495 e. The lowest BCUT2D eigenvalue weighted by molar-refractivity contribution is -0.157. The number of amides is 3. The fourth-order valence-corrected chi connectivity index (χ4v) is 6.29. The number of azide groups is 1. The molecule has 280 valence electrons. The average molecular weight is 737 g/mol. The smallest absolute Gasteiger partial charge is 0.328 e. The molecule has 1 fully saturated rings. The number of nitrogens with zero attached hydrogens (tertiary/aromatic N) is 3. The van der Waals surface area contributed by atoms with E-state index in [1.807, 2.05) is 52.0 Å². The normalized spacial score (nSPS) is 25.3. The summed E-state index contributed by atoms with van der Waals surface area (Å²) in [6.07, 6.45) is 2.29. The lowest BCUT2D eigenvalue weighted by Gasteiger charge is -2.32. The molecule has 0 radical (unpaired) electrons. The van der Waals surface area contributed by atoms with Crippen molar-refractivity contribution in [3.63, 3.8) is 0 Å². The number of benzene rings is 2. The Morgan fingerprint density at radius 1 is 1.06 bits per heavy atom. The molecule has 52 heavy (non-hydrogen) atoms. The Labute approximate surface area is 309 Å². The molecular weight excluding hydrogens is 688 g/mol. The maximum absolute atomic E-state index is 13.9. The van der Waals surface area contributed by atoms with Gasteiger partial charge in [-0.05, 0) is 66.1 Å². The van der Waals surface area contributed by atoms with Crippen molar-refractivity contribution in [2.75, 3.05) is 13.7 Å². The topological polar surface area (TPSA) is 184 Å². The van der Waals surface area contributed by atoms with E-state index >= 15 is 0 Å². The molecule has 2 aromatic carbocycles. The zero-order valence-electron chi connectivity index (χ0n) is 30.8. The van der Waals surface area contributed by atoms with Gasteiger partial charge in [-0.1, -0.05) is 80.8 Å². The predicted octanol–water partition coefficient (Wildman–Crippen LogP) is 5.90. The number of rotatable bonds is 9. The van der Waals surface area contributed by atoms with E-state index in [1.165, 1.54) is 13.2 Å². The van der Waals surface area contributed by atoms with E-state index in [4.69, 9.17) is 31.3 Å². The van der Waals surface area contributed by atoms with Crippen molar-refractivity contribution in [2.24, 2.45) is 21.9 Å². The Balaban J connectivity index is 1.61. The molecule has 0 unspecified atom stereocenters. The van der Waals surface area contributed by atoms with Gasteiger partial charge in [0.2, 0.25) is 17.7 Å². The molecule has 3 amide bonds. The van der Waals surface area contributed by atoms with Crippen LogP contribution in [0.3, 0.4) is 0 Å². The number of halogens is 1. The molecule has 0 aromatic heterocycles. The molecule has 13 nitrogen and oxygen atoms in total. The number of ether oxygens (including phenoxy) is 3. The van der Waals surface area contributed by atoms with Crippen LogP contribution in [0.25, 0.3) is 10.4 Å². The van der Waals surface area contributed by atoms with Gasteiger partial charge in [-0.15, -0.1) is 0 Å². The Morgan fingerprint density at radius 2 is 1.75 bits per heavy atom. The molecule has 4 rings (SSSR count). The Kier molecular flexibility index (Phi) is 13.4. The van der Waals surface area contributed by atoms with Gasteiger partial charge in [0.25, 0.3) is 0 Å². The molecule has 1 saturated heterocycles. The Morgan fingerprint density at radius 3 is 2.38 bits per heavy atom. The molecule has 0 aliphatic carbocycles. The average Bonchev–Trinajstić information content (AvgIpc) is 3.89. The summed E-state index contributed by atoms with van der Waals surface area (Å²) in [7, 11) is 1.50. The fourth-order valence-electron chi connectivity index (χ4n) is 6.01. The van der Waals surface area contributed by atoms with Gasteiger partial charge in [0.1, 0.15) is 30.0 Å². The zero-order valence-corrected chi connectivity index (χ0v) is 31.5. The van der Waals surface area contributed by atoms with Crippen molar-refractivity contribution in [1.82, 2.24) is 16.0 Å². The number of methoxy groups -OCH3 is 1. The number of nitrogens with one attached hydrogen (secondary N) is 3. The molecular formula is C38H49ClN6O7. The minimum Gasteiger partial charge on any atom is -0.495 e. The fraction of sp³-hybridized carbons (Fsp3) is 0.526. The van der Waals surface area contributed by atoms with Crippen molar-refractivity contribution in [3.05, 3.63) is 86.8 Å². The molecule has 14 heteroatoms. The molecule has 2 heterocycles. The van der Waals surface area contributed by atoms with E-state index in [0.29, 0.717) is 22.8 Å². The highest BCUT2D eigenvalue weighted by atomic mass is 35.5. The number of cyclic esters (lactones) is 1. The summed E-state index contributed by atoms with van der Waals surface area (Å²) in [6.45, 7) is 11.3. The highest BCUT2D eigenvalue weighted by molar-refractivity contribution is 6.32. The van der Waals surface area contributed by atoms with Crippen molar-refractivity contribution in [3.8, 4) is 5.75 Å². The summed E-state index contributed by atoms with van der Waals surface area (Å²) in [5, 5.41) is 12.5. The second-order valence-corrected chi connectivity index (χ2v) is 15.7. The number of hydrogen-bond donors (Lipinski definition) is 3. The third-order valence-electron chi connectivity index (χ3n) is 9.17. The van der Waals surface area contributed by atoms with Gasteiger partial charge >= 0.3 is 5.97 Å². The third-order valence-corrected chi connectivity index (χ3v) is 9.47. The lowest BCUT2D eigenvalue weighted by Crippen LogP contribution is -2.54. The monoisotopic (exact) mass is 736 g/mol. The lowest BCUT2D eigenvalue weighted by atomic mass is 9.86. The summed E-state index contributed by atoms with van der Waals surface area (Å²) in [5.74, 6) is -1.86. The summed E-state index contributed by atoms with van der Waals surface area (Å²) >= 11 is 6.34. The van der Waals surface area contributed by atoms with Gasteiger partial charge in [0.05, 0.1) is 30.2 Å². The van der Waals surface area contributed by atoms with E-state index < -0.39 is 47.3 Å². The predicted molar refractivity (Wildman–Crippen MR) is 196 cm³/mol. The number of epoxide rings is 1. The van der Waals surface area contributed by atoms with Crippen LogP contribution in [0, 0.1) is 16.7 Å². The minimum atomic E-state index is -1.13. The van der Waals surface area contributed by atoms with Crippen LogP contribution in [-0.2, 0) is 41.6 Å². The first-order valence-electron chi connectivity index (χ1n) is 17.3. The van der Waals surface area contributed by atoms with Crippen LogP contribution in [0.4, 0.5) is 0 Å². The first kappa shape index (κ1) is 40.2. The van der Waals surface area contributed by atoms with Crippen LogP contribution < -0.4 is 20.7 Å². The number of carbonyl (C=O) groups excluding carboxylic acids is 4. The Bertz CT molecular complexity index is 1700. The molecule has 0 bridgehead atoms. The highest BCUT2D eigenvalue weighted by Gasteiger charge is 2.48. The van der Waals surface area contributed by atoms with Crippen LogP contribution in [0.1, 0.15) is 77.2 Å². The van der Waals surface area contributed by atoms with E-state index in [-0.39, 0.29) is 49.5 Å². The molecule has 2 aromatic rings. The van der Waals surface area contributed by atoms with Gasteiger partial charge < -0.3 is 30.2 Å². The SMILES string of the molecule is COc1ccc(C[C@H]2NC(=O)/C=C\C[C@@H]([C@H](C)[C@H]3O[C@@H]3c3ccc(CN=[N+]=[N-])cc3)OC(=O)[C@H](CC(C)(C)C)NC(=O)C(C)(C)CNC2=O)cc1Cl. The maximum atomic E-state index is 13.9. The summed E-state index contributed by atoms with van der Waals surface area (Å²) in [4.78, 5) is 57.2. The number of hydrogen-bond acceptors (Lipinski definition) is 8. The second-order valence-electron chi connectivity index (χ2n) is 15.3. The first-order valence-corrected chi connectivity index (χ1v) is 17.7. The zero-order chi connectivity index (χ0) is 38.2. The van der Waals surface area contributed by atoms with E-state index in [2.05, 4.69) is 26.0 Å². The molecule has 0 spiro atoms.